The molecule has 0 aliphatic carbocycles. The standard InChI is InChI=1S/C21H19F3N6O5S/c22-21(23,24)35-15-5-6-17-16(11-15)18(19(31)29(17)12-28-7-9-34-10-8-28)26-27-20(36)25-13-1-3-14(4-2-13)30(32)33/h1-6,11,31H,7-10,12H2,(H,25,36). The van der Waals surface area contributed by atoms with Crippen LogP contribution in [0, 0.1) is 10.1 Å². The fourth-order valence-corrected chi connectivity index (χ4v) is 3.75. The molecule has 1 aromatic heterocycles. The predicted molar refractivity (Wildman–Crippen MR) is 127 cm³/mol. The summed E-state index contributed by atoms with van der Waals surface area (Å²) in [4.78, 5) is 12.2. The molecule has 2 N–H and O–H groups in total. The number of benzene rings is 2. The Kier molecular flexibility index (Phi) is 7.32. The molecule has 11 nitrogen and oxygen atoms in total. The minimum atomic E-state index is -4.90. The lowest BCUT2D eigenvalue weighted by Crippen LogP contribution is -2.37. The Morgan fingerprint density at radius 3 is 2.56 bits per heavy atom. The number of thiocarbonyl (C=S) groups is 1. The molecule has 36 heavy (non-hydrogen) atoms. The number of aromatic nitrogens is 1. The first-order chi connectivity index (χ1) is 17.1. The third-order valence-electron chi connectivity index (χ3n) is 5.23. The van der Waals surface area contributed by atoms with E-state index in [1.54, 1.807) is 0 Å². The van der Waals surface area contributed by atoms with Crippen molar-refractivity contribution >= 4 is 45.3 Å². The van der Waals surface area contributed by atoms with E-state index in [2.05, 4.69) is 20.3 Å². The fraction of sp³-hybridized carbons (Fsp3) is 0.286. The molecule has 1 fully saturated rings. The van der Waals surface area contributed by atoms with Gasteiger partial charge in [0.1, 0.15) is 5.75 Å². The summed E-state index contributed by atoms with van der Waals surface area (Å²) in [5.41, 5.74) is 0.614. The second-order valence-corrected chi connectivity index (χ2v) is 8.02. The lowest BCUT2D eigenvalue weighted by atomic mass is 10.2. The van der Waals surface area contributed by atoms with Gasteiger partial charge in [0.15, 0.2) is 5.69 Å². The third kappa shape index (κ3) is 6.05. The largest absolute Gasteiger partial charge is 0.573 e. The smallest absolute Gasteiger partial charge is 0.493 e. The average Bonchev–Trinajstić information content (AvgIpc) is 3.07. The van der Waals surface area contributed by atoms with Crippen molar-refractivity contribution in [1.82, 2.24) is 9.47 Å². The van der Waals surface area contributed by atoms with Crippen molar-refractivity contribution in [3.05, 3.63) is 52.6 Å². The summed E-state index contributed by atoms with van der Waals surface area (Å²) >= 11 is 5.13. The number of fused-ring (bicyclic) bond motifs is 1. The highest BCUT2D eigenvalue weighted by atomic mass is 32.1. The first kappa shape index (κ1) is 25.3. The van der Waals surface area contributed by atoms with Crippen molar-refractivity contribution in [2.45, 2.75) is 13.0 Å². The highest BCUT2D eigenvalue weighted by Crippen LogP contribution is 2.41. The fourth-order valence-electron chi connectivity index (χ4n) is 3.59. The number of morpholine rings is 1. The van der Waals surface area contributed by atoms with Gasteiger partial charge in [-0.25, -0.2) is 0 Å². The lowest BCUT2D eigenvalue weighted by Gasteiger charge is -2.27. The first-order valence-electron chi connectivity index (χ1n) is 10.5. The molecule has 4 rings (SSSR count). The first-order valence-corrected chi connectivity index (χ1v) is 10.9. The molecule has 0 unspecified atom stereocenters. The minimum Gasteiger partial charge on any atom is -0.493 e. The number of halogens is 3. The molecular weight excluding hydrogens is 505 g/mol. The number of anilines is 1. The van der Waals surface area contributed by atoms with Crippen LogP contribution in [0.5, 0.6) is 11.6 Å². The number of nitro benzene ring substituents is 1. The van der Waals surface area contributed by atoms with E-state index in [9.17, 15) is 28.4 Å². The van der Waals surface area contributed by atoms with Crippen molar-refractivity contribution < 1.29 is 32.7 Å². The van der Waals surface area contributed by atoms with Crippen LogP contribution in [-0.2, 0) is 11.4 Å². The van der Waals surface area contributed by atoms with E-state index in [4.69, 9.17) is 17.0 Å². The third-order valence-corrected chi connectivity index (χ3v) is 5.41. The Hall–Kier alpha value is -3.82. The Morgan fingerprint density at radius 1 is 1.22 bits per heavy atom. The Balaban J connectivity index is 1.63. The Bertz CT molecular complexity index is 1310. The van der Waals surface area contributed by atoms with Gasteiger partial charge >= 0.3 is 6.36 Å². The molecule has 2 heterocycles. The van der Waals surface area contributed by atoms with Crippen molar-refractivity contribution in [1.29, 1.82) is 0 Å². The van der Waals surface area contributed by atoms with Crippen LogP contribution in [0.2, 0.25) is 0 Å². The molecule has 0 amide bonds. The molecular formula is C21H19F3N6O5S. The molecule has 15 heteroatoms. The van der Waals surface area contributed by atoms with Crippen molar-refractivity contribution in [2.24, 2.45) is 10.2 Å². The number of nitrogens with one attached hydrogen (secondary N) is 1. The van der Waals surface area contributed by atoms with Crippen LogP contribution >= 0.6 is 12.2 Å². The van der Waals surface area contributed by atoms with Crippen LogP contribution < -0.4 is 10.1 Å². The number of nitro groups is 1. The van der Waals surface area contributed by atoms with Crippen molar-refractivity contribution in [3.8, 4) is 11.6 Å². The van der Waals surface area contributed by atoms with E-state index in [-0.39, 0.29) is 34.4 Å². The van der Waals surface area contributed by atoms with Gasteiger partial charge in [0.25, 0.3) is 5.69 Å². The molecule has 0 radical (unpaired) electrons. The van der Waals surface area contributed by atoms with Gasteiger partial charge in [0.2, 0.25) is 11.0 Å². The van der Waals surface area contributed by atoms with E-state index in [1.165, 1.54) is 34.9 Å². The predicted octanol–water partition coefficient (Wildman–Crippen LogP) is 4.92. The molecule has 190 valence electrons. The van der Waals surface area contributed by atoms with E-state index >= 15 is 0 Å². The number of non-ortho nitro benzene ring substituents is 1. The maximum atomic E-state index is 12.8. The lowest BCUT2D eigenvalue weighted by molar-refractivity contribution is -0.384. The zero-order valence-corrected chi connectivity index (χ0v) is 19.3. The molecule has 0 saturated carbocycles. The van der Waals surface area contributed by atoms with Crippen LogP contribution in [0.15, 0.2) is 52.7 Å². The molecule has 0 bridgehead atoms. The van der Waals surface area contributed by atoms with Crippen LogP contribution in [0.1, 0.15) is 0 Å². The number of rotatable bonds is 6. The highest BCUT2D eigenvalue weighted by molar-refractivity contribution is 7.80. The van der Waals surface area contributed by atoms with Gasteiger partial charge in [0, 0.05) is 36.3 Å². The summed E-state index contributed by atoms with van der Waals surface area (Å²) in [6.45, 7) is 2.48. The quantitative estimate of drug-likeness (QED) is 0.201. The summed E-state index contributed by atoms with van der Waals surface area (Å²) in [7, 11) is 0. The van der Waals surface area contributed by atoms with Gasteiger partial charge < -0.3 is 19.9 Å². The Labute approximate surface area is 206 Å². The van der Waals surface area contributed by atoms with E-state index in [0.717, 1.165) is 12.1 Å². The van der Waals surface area contributed by atoms with Crippen LogP contribution in [0.25, 0.3) is 10.9 Å². The van der Waals surface area contributed by atoms with Crippen LogP contribution in [-0.4, -0.2) is 57.3 Å². The molecule has 0 atom stereocenters. The van der Waals surface area contributed by atoms with E-state index in [0.29, 0.717) is 37.5 Å². The average molecular weight is 524 g/mol. The van der Waals surface area contributed by atoms with E-state index < -0.39 is 17.0 Å². The summed E-state index contributed by atoms with van der Waals surface area (Å²) in [6.07, 6.45) is -4.90. The molecule has 1 saturated heterocycles. The van der Waals surface area contributed by atoms with Gasteiger partial charge in [0.05, 0.1) is 30.3 Å². The molecule has 3 aromatic rings. The second-order valence-electron chi connectivity index (χ2n) is 7.63. The maximum absolute atomic E-state index is 12.8. The van der Waals surface area contributed by atoms with Gasteiger partial charge in [-0.2, -0.15) is 0 Å². The molecule has 0 spiro atoms. The topological polar surface area (TPSA) is 127 Å². The number of ether oxygens (including phenoxy) is 2. The number of azo groups is 1. The van der Waals surface area contributed by atoms with Crippen molar-refractivity contribution in [2.75, 3.05) is 31.6 Å². The summed E-state index contributed by atoms with van der Waals surface area (Å²) in [5.74, 6) is -0.802. The summed E-state index contributed by atoms with van der Waals surface area (Å²) < 4.78 is 49.1. The maximum Gasteiger partial charge on any atom is 0.573 e. The zero-order chi connectivity index (χ0) is 25.9. The van der Waals surface area contributed by atoms with Gasteiger partial charge in [-0.1, -0.05) is 0 Å². The normalized spacial score (nSPS) is 14.9. The molecule has 2 aromatic carbocycles. The second kappa shape index (κ2) is 10.4. The number of alkyl halides is 3. The number of hydrogen-bond donors (Lipinski definition) is 2. The van der Waals surface area contributed by atoms with Crippen LogP contribution in [0.3, 0.4) is 0 Å². The van der Waals surface area contributed by atoms with Gasteiger partial charge in [-0.05, 0) is 42.5 Å². The van der Waals surface area contributed by atoms with Crippen molar-refractivity contribution in [3.63, 3.8) is 0 Å². The van der Waals surface area contributed by atoms with Crippen LogP contribution in [0.4, 0.5) is 30.2 Å². The van der Waals surface area contributed by atoms with Gasteiger partial charge in [-0.3, -0.25) is 19.6 Å². The number of aromatic hydroxyl groups is 1. The summed E-state index contributed by atoms with van der Waals surface area (Å²) in [6, 6.07) is 9.04. The monoisotopic (exact) mass is 524 g/mol. The zero-order valence-electron chi connectivity index (χ0n) is 18.4. The van der Waals surface area contributed by atoms with E-state index in [1.807, 2.05) is 4.90 Å². The Morgan fingerprint density at radius 2 is 1.92 bits per heavy atom. The summed E-state index contributed by atoms with van der Waals surface area (Å²) in [5, 5.41) is 32.3. The number of nitrogens with zero attached hydrogens (tertiary/aromatic N) is 5. The molecule has 1 aliphatic rings. The SMILES string of the molecule is O=[N+]([O-])c1ccc(NC(=S)N=Nc2c(O)n(CN3CCOCC3)c3ccc(OC(F)(F)F)cc23)cc1. The van der Waals surface area contributed by atoms with Gasteiger partial charge in [-0.15, -0.1) is 23.4 Å². The molecule has 1 aliphatic heterocycles. The minimum absolute atomic E-state index is 0.0984. The highest BCUT2D eigenvalue weighted by Gasteiger charge is 2.31. The number of hydrogen-bond acceptors (Lipinski definition) is 8.